The van der Waals surface area contributed by atoms with Crippen LogP contribution >= 0.6 is 23.1 Å². The monoisotopic (exact) mass is 365 g/mol. The van der Waals surface area contributed by atoms with Crippen LogP contribution in [0.1, 0.15) is 30.6 Å². The minimum atomic E-state index is -0.248. The van der Waals surface area contributed by atoms with E-state index in [0.29, 0.717) is 18.8 Å². The van der Waals surface area contributed by atoms with E-state index in [4.69, 9.17) is 9.47 Å². The minimum Gasteiger partial charge on any atom is -0.463 e. The predicted octanol–water partition coefficient (Wildman–Crippen LogP) is 3.26. The Morgan fingerprint density at radius 3 is 2.92 bits per heavy atom. The third-order valence-corrected chi connectivity index (χ3v) is 7.37. The van der Waals surface area contributed by atoms with Crippen LogP contribution in [0.5, 0.6) is 0 Å². The van der Waals surface area contributed by atoms with Crippen molar-refractivity contribution >= 4 is 29.1 Å². The lowest BCUT2D eigenvalue weighted by atomic mass is 10.1. The number of esters is 1. The second kappa shape index (κ2) is 6.83. The van der Waals surface area contributed by atoms with Crippen molar-refractivity contribution in [1.82, 2.24) is 4.90 Å². The molecular weight excluding hydrogens is 342 g/mol. The van der Waals surface area contributed by atoms with E-state index in [9.17, 15) is 4.79 Å². The van der Waals surface area contributed by atoms with Gasteiger partial charge in [-0.2, -0.15) is 0 Å². The number of fused-ring (bicyclic) bond motifs is 1. The number of morpholine rings is 1. The highest BCUT2D eigenvalue weighted by Gasteiger charge is 2.59. The van der Waals surface area contributed by atoms with E-state index >= 15 is 0 Å². The number of likely N-dealkylation sites (N-methyl/N-ethyl adjacent to an activating group) is 1. The Labute approximate surface area is 151 Å². The number of rotatable bonds is 6. The second-order valence-corrected chi connectivity index (χ2v) is 8.74. The molecule has 24 heavy (non-hydrogen) atoms. The zero-order valence-electron chi connectivity index (χ0n) is 14.0. The molecule has 1 aromatic rings. The molecule has 4 heterocycles. The van der Waals surface area contributed by atoms with Crippen LogP contribution in [0.15, 0.2) is 28.5 Å². The molecule has 2 fully saturated rings. The van der Waals surface area contributed by atoms with Gasteiger partial charge >= 0.3 is 5.97 Å². The van der Waals surface area contributed by atoms with Crippen molar-refractivity contribution in [2.24, 2.45) is 0 Å². The van der Waals surface area contributed by atoms with E-state index < -0.39 is 0 Å². The molecule has 0 aromatic carbocycles. The summed E-state index contributed by atoms with van der Waals surface area (Å²) < 4.78 is 11.5. The highest BCUT2D eigenvalue weighted by Crippen LogP contribution is 2.43. The van der Waals surface area contributed by atoms with Gasteiger partial charge < -0.3 is 9.47 Å². The lowest BCUT2D eigenvalue weighted by Gasteiger charge is -2.28. The average Bonchev–Trinajstić information content (AvgIpc) is 3.01. The molecule has 3 aliphatic heterocycles. The van der Waals surface area contributed by atoms with Crippen LogP contribution in [0.3, 0.4) is 0 Å². The molecule has 3 aliphatic rings. The van der Waals surface area contributed by atoms with Crippen LogP contribution in [-0.2, 0) is 14.3 Å². The van der Waals surface area contributed by atoms with Gasteiger partial charge in [-0.3, -0.25) is 9.69 Å². The smallest absolute Gasteiger partial charge is 0.319 e. The highest BCUT2D eigenvalue weighted by molar-refractivity contribution is 8.03. The van der Waals surface area contributed by atoms with Gasteiger partial charge in [-0.15, -0.1) is 23.1 Å². The third-order valence-electron chi connectivity index (χ3n) is 5.26. The second-order valence-electron chi connectivity index (χ2n) is 6.60. The molecule has 130 valence electrons. The van der Waals surface area contributed by atoms with Gasteiger partial charge in [-0.1, -0.05) is 19.1 Å². The first-order valence-corrected chi connectivity index (χ1v) is 10.5. The number of carbonyl (C=O) groups is 1. The van der Waals surface area contributed by atoms with Gasteiger partial charge in [0.05, 0.1) is 6.04 Å². The largest absolute Gasteiger partial charge is 0.463 e. The topological polar surface area (TPSA) is 42.1 Å². The molecule has 0 amide bonds. The minimum absolute atomic E-state index is 0.122. The number of hydrogen-bond acceptors (Lipinski definition) is 6. The molecule has 6 heteroatoms. The molecular formula is C18H23NO3S2. The van der Waals surface area contributed by atoms with Crippen molar-refractivity contribution in [1.29, 1.82) is 0 Å². The Kier molecular flexibility index (Phi) is 4.73. The number of carbonyl (C=O) groups excluding carboxylic acids is 1. The van der Waals surface area contributed by atoms with Crippen molar-refractivity contribution in [3.63, 3.8) is 0 Å². The van der Waals surface area contributed by atoms with Crippen LogP contribution in [0.25, 0.3) is 0 Å². The number of allylic oxidation sites excluding steroid dienone is 1. The Morgan fingerprint density at radius 2 is 2.29 bits per heavy atom. The zero-order chi connectivity index (χ0) is 16.7. The quantitative estimate of drug-likeness (QED) is 0.572. The maximum atomic E-state index is 12.8. The number of hydrogen-bond donors (Lipinski definition) is 0. The van der Waals surface area contributed by atoms with Crippen molar-refractivity contribution in [2.75, 3.05) is 19.4 Å². The lowest BCUT2D eigenvalue weighted by Crippen LogP contribution is -2.41. The summed E-state index contributed by atoms with van der Waals surface area (Å²) in [6.07, 6.45) is 4.88. The number of thiophene rings is 1. The van der Waals surface area contributed by atoms with Crippen molar-refractivity contribution in [3.8, 4) is 0 Å². The van der Waals surface area contributed by atoms with E-state index in [1.807, 2.05) is 17.5 Å². The Hall–Kier alpha value is -0.820. The maximum Gasteiger partial charge on any atom is 0.319 e. The van der Waals surface area contributed by atoms with E-state index in [-0.39, 0.29) is 24.0 Å². The Bertz CT molecular complexity index is 630. The normalized spacial score (nSPS) is 33.2. The van der Waals surface area contributed by atoms with E-state index in [1.165, 1.54) is 0 Å². The van der Waals surface area contributed by atoms with Gasteiger partial charge in [-0.25, -0.2) is 0 Å². The summed E-state index contributed by atoms with van der Waals surface area (Å²) >= 11 is 3.41. The van der Waals surface area contributed by atoms with Crippen molar-refractivity contribution in [2.45, 2.75) is 50.0 Å². The van der Waals surface area contributed by atoms with Crippen LogP contribution < -0.4 is 0 Å². The fourth-order valence-electron chi connectivity index (χ4n) is 3.91. The first-order valence-electron chi connectivity index (χ1n) is 8.61. The average molecular weight is 366 g/mol. The van der Waals surface area contributed by atoms with Gasteiger partial charge in [0.15, 0.2) is 0 Å². The number of ether oxygens (including phenoxy) is 2. The van der Waals surface area contributed by atoms with Crippen molar-refractivity contribution in [3.05, 3.63) is 33.4 Å². The first kappa shape index (κ1) is 16.6. The molecule has 0 N–H and O–H groups in total. The van der Waals surface area contributed by atoms with Crippen LogP contribution in [0.4, 0.5) is 0 Å². The first-order chi connectivity index (χ1) is 11.7. The Balaban J connectivity index is 1.43. The number of thioether (sulfide) groups is 1. The van der Waals surface area contributed by atoms with Crippen LogP contribution in [0, 0.1) is 0 Å². The van der Waals surface area contributed by atoms with E-state index in [1.54, 1.807) is 23.1 Å². The number of likely N-dealkylation sites (tertiary alicyclic amines) is 1. The zero-order valence-corrected chi connectivity index (χ0v) is 15.6. The molecule has 1 aromatic heterocycles. The van der Waals surface area contributed by atoms with Crippen LogP contribution in [0.2, 0.25) is 0 Å². The van der Waals surface area contributed by atoms with Crippen molar-refractivity contribution < 1.29 is 14.3 Å². The van der Waals surface area contributed by atoms with E-state index in [0.717, 1.165) is 28.4 Å². The summed E-state index contributed by atoms with van der Waals surface area (Å²) in [7, 11) is 2.12. The molecule has 2 saturated heterocycles. The predicted molar refractivity (Wildman–Crippen MR) is 97.5 cm³/mol. The maximum absolute atomic E-state index is 12.8. The van der Waals surface area contributed by atoms with Crippen LogP contribution in [-0.4, -0.2) is 54.6 Å². The molecule has 5 atom stereocenters. The van der Waals surface area contributed by atoms with Gasteiger partial charge in [0, 0.05) is 21.6 Å². The molecule has 0 spiro atoms. The highest BCUT2D eigenvalue weighted by atomic mass is 32.2. The van der Waals surface area contributed by atoms with Gasteiger partial charge in [0.1, 0.15) is 24.7 Å². The summed E-state index contributed by atoms with van der Waals surface area (Å²) in [5.41, 5.74) is 0. The summed E-state index contributed by atoms with van der Waals surface area (Å²) in [5, 5.41) is 2.02. The standard InChI is InChI=1S/C18H23NO3S2/c1-3-11-16-17(22-16)12(19(11)2)10-21-18(20)15(13-6-4-8-23-13)14-7-5-9-24-14/h4,6-8,11-12,15-17H,3,5,9-10H2,1-2H3. The summed E-state index contributed by atoms with van der Waals surface area (Å²) in [5.74, 6) is 0.691. The Morgan fingerprint density at radius 1 is 1.46 bits per heavy atom. The fraction of sp³-hybridized carbons (Fsp3) is 0.611. The molecule has 0 radical (unpaired) electrons. The molecule has 0 saturated carbocycles. The summed E-state index contributed by atoms with van der Waals surface area (Å²) in [6.45, 7) is 2.61. The van der Waals surface area contributed by atoms with E-state index in [2.05, 4.69) is 24.9 Å². The SMILES string of the molecule is CCC1C2OC2C(COC(=O)C(C2=CCCS2)c2cccs2)N1C. The molecule has 4 rings (SSSR count). The van der Waals surface area contributed by atoms with Gasteiger partial charge in [0.25, 0.3) is 0 Å². The number of epoxide rings is 1. The van der Waals surface area contributed by atoms with Gasteiger partial charge in [-0.05, 0) is 31.3 Å². The molecule has 5 unspecified atom stereocenters. The molecule has 4 nitrogen and oxygen atoms in total. The summed E-state index contributed by atoms with van der Waals surface area (Å²) in [6, 6.07) is 4.68. The molecule has 0 aliphatic carbocycles. The summed E-state index contributed by atoms with van der Waals surface area (Å²) in [4.78, 5) is 17.4. The molecule has 0 bridgehead atoms. The third kappa shape index (κ3) is 2.94. The van der Waals surface area contributed by atoms with Gasteiger partial charge in [0.2, 0.25) is 0 Å². The fourth-order valence-corrected chi connectivity index (χ4v) is 5.92. The number of nitrogens with zero attached hydrogens (tertiary/aromatic N) is 1. The lowest BCUT2D eigenvalue weighted by molar-refractivity contribution is -0.146.